The number of nitrogens with two attached hydrogens (primary N) is 1. The van der Waals surface area contributed by atoms with Gasteiger partial charge in [0.05, 0.1) is 12.4 Å². The molecule has 0 saturated carbocycles. The molecule has 3 N–H and O–H groups in total. The van der Waals surface area contributed by atoms with E-state index >= 15 is 0 Å². The second-order valence-corrected chi connectivity index (χ2v) is 6.17. The first-order valence-electron chi connectivity index (χ1n) is 7.74. The minimum Gasteiger partial charge on any atom is -0.462 e. The van der Waals surface area contributed by atoms with Crippen LogP contribution in [0, 0.1) is 6.92 Å². The molecule has 0 fully saturated rings. The lowest BCUT2D eigenvalue weighted by atomic mass is 10.1. The first-order chi connectivity index (χ1) is 12.0. The van der Waals surface area contributed by atoms with Crippen LogP contribution in [0.25, 0.3) is 0 Å². The third-order valence-corrected chi connectivity index (χ3v) is 4.10. The van der Waals surface area contributed by atoms with Crippen LogP contribution in [0.5, 0.6) is 0 Å². The van der Waals surface area contributed by atoms with E-state index in [4.69, 9.17) is 10.5 Å². The molecule has 132 valence electrons. The summed E-state index contributed by atoms with van der Waals surface area (Å²) < 4.78 is 4.86. The van der Waals surface area contributed by atoms with Gasteiger partial charge < -0.3 is 15.8 Å². The molecule has 0 saturated heterocycles. The quantitative estimate of drug-likeness (QED) is 0.441. The van der Waals surface area contributed by atoms with Crippen LogP contribution in [-0.4, -0.2) is 34.2 Å². The van der Waals surface area contributed by atoms with Crippen molar-refractivity contribution >= 4 is 29.5 Å². The molecule has 0 radical (unpaired) electrons. The number of carbonyl (C=O) groups excluding carboxylic acids is 2. The fourth-order valence-corrected chi connectivity index (χ4v) is 2.55. The molecule has 2 aromatic rings. The molecule has 7 nitrogen and oxygen atoms in total. The second-order valence-electron chi connectivity index (χ2n) is 5.22. The average Bonchev–Trinajstić information content (AvgIpc) is 2.59. The predicted molar refractivity (Wildman–Crippen MR) is 96.2 cm³/mol. The van der Waals surface area contributed by atoms with Gasteiger partial charge >= 0.3 is 5.97 Å². The van der Waals surface area contributed by atoms with Crippen LogP contribution in [-0.2, 0) is 16.1 Å². The fraction of sp³-hybridized carbons (Fsp3) is 0.294. The molecule has 0 spiro atoms. The number of hydrogen-bond acceptors (Lipinski definition) is 7. The number of aryl methyl sites for hydroxylation is 1. The van der Waals surface area contributed by atoms with Crippen molar-refractivity contribution in [2.45, 2.75) is 25.5 Å². The Labute approximate surface area is 150 Å². The molecule has 0 aliphatic heterocycles. The fourth-order valence-electron chi connectivity index (χ4n) is 1.90. The van der Waals surface area contributed by atoms with Crippen LogP contribution in [0.3, 0.4) is 0 Å². The number of ether oxygens (including phenoxy) is 1. The summed E-state index contributed by atoms with van der Waals surface area (Å²) >= 11 is 1.15. The Morgan fingerprint density at radius 1 is 1.28 bits per heavy atom. The number of carbonyl (C=O) groups is 2. The van der Waals surface area contributed by atoms with Gasteiger partial charge in [0.25, 0.3) is 0 Å². The van der Waals surface area contributed by atoms with Gasteiger partial charge in [-0.2, -0.15) is 0 Å². The second kappa shape index (κ2) is 9.03. The van der Waals surface area contributed by atoms with Gasteiger partial charge in [-0.05, 0) is 19.4 Å². The van der Waals surface area contributed by atoms with Crippen molar-refractivity contribution < 1.29 is 14.3 Å². The first kappa shape index (κ1) is 18.7. The van der Waals surface area contributed by atoms with Crippen molar-refractivity contribution in [3.05, 3.63) is 47.2 Å². The molecule has 2 rings (SSSR count). The Balaban J connectivity index is 1.84. The highest BCUT2D eigenvalue weighted by Gasteiger charge is 2.14. The number of amides is 1. The molecule has 1 aromatic carbocycles. The lowest BCUT2D eigenvalue weighted by Gasteiger charge is -2.07. The van der Waals surface area contributed by atoms with Gasteiger partial charge in [-0.1, -0.05) is 41.6 Å². The molecular formula is C17H20N4O3S. The Bertz CT molecular complexity index is 750. The topological polar surface area (TPSA) is 107 Å². The lowest BCUT2D eigenvalue weighted by molar-refractivity contribution is -0.118. The van der Waals surface area contributed by atoms with E-state index in [1.807, 2.05) is 31.2 Å². The maximum atomic E-state index is 11.9. The van der Waals surface area contributed by atoms with Crippen molar-refractivity contribution in [2.24, 2.45) is 0 Å². The molecule has 0 unspecified atom stereocenters. The minimum atomic E-state index is -0.563. The monoisotopic (exact) mass is 360 g/mol. The number of hydrogen-bond donors (Lipinski definition) is 2. The van der Waals surface area contributed by atoms with Crippen LogP contribution in [0.1, 0.15) is 28.4 Å². The van der Waals surface area contributed by atoms with Crippen molar-refractivity contribution in [3.8, 4) is 0 Å². The van der Waals surface area contributed by atoms with Crippen molar-refractivity contribution in [1.29, 1.82) is 0 Å². The molecule has 8 heteroatoms. The summed E-state index contributed by atoms with van der Waals surface area (Å²) in [5.74, 6) is -0.505. The van der Waals surface area contributed by atoms with Gasteiger partial charge in [-0.3, -0.25) is 4.79 Å². The van der Waals surface area contributed by atoms with Crippen LogP contribution in [0.4, 0.5) is 5.82 Å². The molecule has 1 heterocycles. The number of benzene rings is 1. The molecule has 1 aromatic heterocycles. The van der Waals surface area contributed by atoms with E-state index in [-0.39, 0.29) is 29.6 Å². The molecular weight excluding hydrogens is 340 g/mol. The zero-order chi connectivity index (χ0) is 18.2. The molecule has 0 aliphatic rings. The highest BCUT2D eigenvalue weighted by atomic mass is 32.2. The van der Waals surface area contributed by atoms with Gasteiger partial charge in [0, 0.05) is 12.7 Å². The highest BCUT2D eigenvalue weighted by molar-refractivity contribution is 7.99. The van der Waals surface area contributed by atoms with E-state index < -0.39 is 5.97 Å². The highest BCUT2D eigenvalue weighted by Crippen LogP contribution is 2.17. The molecule has 1 amide bonds. The molecule has 25 heavy (non-hydrogen) atoms. The standard InChI is InChI=1S/C17H20N4O3S/c1-3-24-16(23)13-9-20-17(21-15(13)18)25-10-14(22)19-8-12-6-4-11(2)5-7-12/h4-7,9H,3,8,10H2,1-2H3,(H,19,22)(H2,18,20,21). The maximum absolute atomic E-state index is 11.9. The normalized spacial score (nSPS) is 10.3. The largest absolute Gasteiger partial charge is 0.462 e. The van der Waals surface area contributed by atoms with Crippen molar-refractivity contribution in [2.75, 3.05) is 18.1 Å². The number of esters is 1. The first-order valence-corrected chi connectivity index (χ1v) is 8.72. The summed E-state index contributed by atoms with van der Waals surface area (Å²) in [5.41, 5.74) is 8.06. The van der Waals surface area contributed by atoms with Gasteiger partial charge in [0.15, 0.2) is 5.16 Å². The average molecular weight is 360 g/mol. The Morgan fingerprint density at radius 2 is 2.00 bits per heavy atom. The van der Waals surface area contributed by atoms with Gasteiger partial charge in [-0.25, -0.2) is 14.8 Å². The third-order valence-electron chi connectivity index (χ3n) is 3.23. The minimum absolute atomic E-state index is 0.0380. The van der Waals surface area contributed by atoms with Gasteiger partial charge in [0.2, 0.25) is 5.91 Å². The zero-order valence-corrected chi connectivity index (χ0v) is 14.9. The van der Waals surface area contributed by atoms with E-state index in [2.05, 4.69) is 15.3 Å². The molecule has 0 aliphatic carbocycles. The van der Waals surface area contributed by atoms with Crippen molar-refractivity contribution in [1.82, 2.24) is 15.3 Å². The lowest BCUT2D eigenvalue weighted by Crippen LogP contribution is -2.24. The number of nitrogen functional groups attached to an aromatic ring is 1. The summed E-state index contributed by atoms with van der Waals surface area (Å²) in [6, 6.07) is 7.94. The summed E-state index contributed by atoms with van der Waals surface area (Å²) in [5, 5.41) is 3.16. The van der Waals surface area contributed by atoms with E-state index in [0.717, 1.165) is 17.3 Å². The maximum Gasteiger partial charge on any atom is 0.343 e. The van der Waals surface area contributed by atoms with Crippen molar-refractivity contribution in [3.63, 3.8) is 0 Å². The third kappa shape index (κ3) is 5.75. The summed E-state index contributed by atoms with van der Waals surface area (Å²) in [6.45, 7) is 4.42. The van der Waals surface area contributed by atoms with Gasteiger partial charge in [0.1, 0.15) is 11.4 Å². The van der Waals surface area contributed by atoms with Crippen LogP contribution in [0.2, 0.25) is 0 Å². The van der Waals surface area contributed by atoms with Crippen LogP contribution < -0.4 is 11.1 Å². The van der Waals surface area contributed by atoms with E-state index in [9.17, 15) is 9.59 Å². The summed E-state index contributed by atoms with van der Waals surface area (Å²) in [4.78, 5) is 31.6. The van der Waals surface area contributed by atoms with E-state index in [0.29, 0.717) is 11.7 Å². The Kier molecular flexibility index (Phi) is 6.76. The zero-order valence-electron chi connectivity index (χ0n) is 14.1. The number of thioether (sulfide) groups is 1. The number of nitrogens with one attached hydrogen (secondary N) is 1. The number of nitrogens with zero attached hydrogens (tertiary/aromatic N) is 2. The molecule has 0 bridgehead atoms. The smallest absolute Gasteiger partial charge is 0.343 e. The van der Waals surface area contributed by atoms with Crippen LogP contribution >= 0.6 is 11.8 Å². The Hall–Kier alpha value is -2.61. The van der Waals surface area contributed by atoms with Crippen LogP contribution in [0.15, 0.2) is 35.6 Å². The summed E-state index contributed by atoms with van der Waals surface area (Å²) in [7, 11) is 0. The molecule has 0 atom stereocenters. The summed E-state index contributed by atoms with van der Waals surface area (Å²) in [6.07, 6.45) is 1.31. The SMILES string of the molecule is CCOC(=O)c1cnc(SCC(=O)NCc2ccc(C)cc2)nc1N. The number of anilines is 1. The number of rotatable bonds is 7. The Morgan fingerprint density at radius 3 is 2.64 bits per heavy atom. The van der Waals surface area contributed by atoms with E-state index in [1.54, 1.807) is 6.92 Å². The predicted octanol–water partition coefficient (Wildman–Crippen LogP) is 1.95. The number of aromatic nitrogens is 2. The van der Waals surface area contributed by atoms with E-state index in [1.165, 1.54) is 11.8 Å². The van der Waals surface area contributed by atoms with Gasteiger partial charge in [-0.15, -0.1) is 0 Å².